The highest BCUT2D eigenvalue weighted by molar-refractivity contribution is 5.35. The Bertz CT molecular complexity index is 507. The number of benzene rings is 1. The van der Waals surface area contributed by atoms with Gasteiger partial charge in [0.1, 0.15) is 5.75 Å². The standard InChI is InChI=1S/C14H19N3O/c1-11(13-6-4-5-7-14(13)18-3)15-10-12-8-9-16-17(12)2/h4-9,11,15H,10H2,1-3H3. The highest BCUT2D eigenvalue weighted by atomic mass is 16.5. The molecule has 0 aliphatic heterocycles. The molecule has 96 valence electrons. The predicted octanol–water partition coefficient (Wildman–Crippen LogP) is 2.28. The Balaban J connectivity index is 2.03. The Labute approximate surface area is 108 Å². The highest BCUT2D eigenvalue weighted by Crippen LogP contribution is 2.24. The van der Waals surface area contributed by atoms with E-state index in [4.69, 9.17) is 4.74 Å². The van der Waals surface area contributed by atoms with Gasteiger partial charge in [0, 0.05) is 31.4 Å². The molecule has 1 heterocycles. The maximum absolute atomic E-state index is 5.37. The lowest BCUT2D eigenvalue weighted by Gasteiger charge is -2.17. The first-order valence-corrected chi connectivity index (χ1v) is 6.05. The summed E-state index contributed by atoms with van der Waals surface area (Å²) >= 11 is 0. The fourth-order valence-corrected chi connectivity index (χ4v) is 1.97. The van der Waals surface area contributed by atoms with Crippen LogP contribution in [0.25, 0.3) is 0 Å². The molecule has 0 bridgehead atoms. The van der Waals surface area contributed by atoms with Crippen LogP contribution < -0.4 is 10.1 Å². The van der Waals surface area contributed by atoms with Gasteiger partial charge in [-0.1, -0.05) is 18.2 Å². The van der Waals surface area contributed by atoms with E-state index < -0.39 is 0 Å². The van der Waals surface area contributed by atoms with Gasteiger partial charge in [-0.25, -0.2) is 0 Å². The van der Waals surface area contributed by atoms with Crippen molar-refractivity contribution >= 4 is 0 Å². The van der Waals surface area contributed by atoms with E-state index in [0.717, 1.165) is 18.0 Å². The summed E-state index contributed by atoms with van der Waals surface area (Å²) < 4.78 is 7.25. The zero-order chi connectivity index (χ0) is 13.0. The van der Waals surface area contributed by atoms with Crippen LogP contribution in [0.3, 0.4) is 0 Å². The summed E-state index contributed by atoms with van der Waals surface area (Å²) in [7, 11) is 3.65. The smallest absolute Gasteiger partial charge is 0.123 e. The Morgan fingerprint density at radius 1 is 1.33 bits per heavy atom. The summed E-state index contributed by atoms with van der Waals surface area (Å²) in [6.45, 7) is 2.92. The number of hydrogen-bond donors (Lipinski definition) is 1. The molecule has 4 heteroatoms. The van der Waals surface area contributed by atoms with Crippen LogP contribution in [-0.4, -0.2) is 16.9 Å². The number of rotatable bonds is 5. The van der Waals surface area contributed by atoms with Crippen LogP contribution >= 0.6 is 0 Å². The van der Waals surface area contributed by atoms with Crippen LogP contribution in [-0.2, 0) is 13.6 Å². The lowest BCUT2D eigenvalue weighted by molar-refractivity contribution is 0.401. The van der Waals surface area contributed by atoms with Crippen LogP contribution in [0.15, 0.2) is 36.5 Å². The highest BCUT2D eigenvalue weighted by Gasteiger charge is 2.10. The number of hydrogen-bond acceptors (Lipinski definition) is 3. The molecular weight excluding hydrogens is 226 g/mol. The molecule has 0 spiro atoms. The lowest BCUT2D eigenvalue weighted by atomic mass is 10.1. The molecule has 1 aromatic carbocycles. The molecule has 18 heavy (non-hydrogen) atoms. The van der Waals surface area contributed by atoms with Gasteiger partial charge in [-0.3, -0.25) is 4.68 Å². The molecule has 0 aliphatic rings. The zero-order valence-corrected chi connectivity index (χ0v) is 11.1. The largest absolute Gasteiger partial charge is 0.496 e. The zero-order valence-electron chi connectivity index (χ0n) is 11.1. The van der Waals surface area contributed by atoms with E-state index in [2.05, 4.69) is 23.4 Å². The number of para-hydroxylation sites is 1. The van der Waals surface area contributed by atoms with Gasteiger partial charge in [-0.05, 0) is 19.1 Å². The van der Waals surface area contributed by atoms with Crippen molar-refractivity contribution in [3.05, 3.63) is 47.8 Å². The SMILES string of the molecule is COc1ccccc1C(C)NCc1ccnn1C. The average Bonchev–Trinajstić information content (AvgIpc) is 2.81. The molecule has 0 amide bonds. The van der Waals surface area contributed by atoms with Crippen molar-refractivity contribution < 1.29 is 4.74 Å². The molecule has 2 rings (SSSR count). The first-order valence-electron chi connectivity index (χ1n) is 6.05. The third kappa shape index (κ3) is 2.71. The van der Waals surface area contributed by atoms with Crippen molar-refractivity contribution in [2.45, 2.75) is 19.5 Å². The molecule has 0 saturated carbocycles. The minimum Gasteiger partial charge on any atom is -0.496 e. The van der Waals surface area contributed by atoms with Gasteiger partial charge in [-0.15, -0.1) is 0 Å². The molecule has 0 radical (unpaired) electrons. The summed E-state index contributed by atoms with van der Waals surface area (Å²) in [5.41, 5.74) is 2.33. The Hall–Kier alpha value is -1.81. The van der Waals surface area contributed by atoms with Crippen molar-refractivity contribution in [1.82, 2.24) is 15.1 Å². The van der Waals surface area contributed by atoms with Crippen molar-refractivity contribution in [3.63, 3.8) is 0 Å². The average molecular weight is 245 g/mol. The summed E-state index contributed by atoms with van der Waals surface area (Å²) in [5.74, 6) is 0.919. The molecule has 0 fully saturated rings. The van der Waals surface area contributed by atoms with E-state index in [1.165, 1.54) is 5.56 Å². The van der Waals surface area contributed by atoms with Crippen LogP contribution in [0, 0.1) is 0 Å². The molecule has 4 nitrogen and oxygen atoms in total. The van der Waals surface area contributed by atoms with Gasteiger partial charge in [0.05, 0.1) is 12.8 Å². The lowest BCUT2D eigenvalue weighted by Crippen LogP contribution is -2.20. The second-order valence-electron chi connectivity index (χ2n) is 4.29. The number of methoxy groups -OCH3 is 1. The maximum Gasteiger partial charge on any atom is 0.123 e. The summed E-state index contributed by atoms with van der Waals surface area (Å²) in [6.07, 6.45) is 1.81. The fourth-order valence-electron chi connectivity index (χ4n) is 1.97. The second-order valence-corrected chi connectivity index (χ2v) is 4.29. The fraction of sp³-hybridized carbons (Fsp3) is 0.357. The van der Waals surface area contributed by atoms with Gasteiger partial charge >= 0.3 is 0 Å². The normalized spacial score (nSPS) is 12.4. The van der Waals surface area contributed by atoms with Crippen LogP contribution in [0.4, 0.5) is 0 Å². The van der Waals surface area contributed by atoms with E-state index in [1.54, 1.807) is 7.11 Å². The van der Waals surface area contributed by atoms with Gasteiger partial charge < -0.3 is 10.1 Å². The van der Waals surface area contributed by atoms with Gasteiger partial charge in [0.2, 0.25) is 0 Å². The molecule has 1 N–H and O–H groups in total. The molecular formula is C14H19N3O. The van der Waals surface area contributed by atoms with Crippen LogP contribution in [0.5, 0.6) is 5.75 Å². The minimum absolute atomic E-state index is 0.232. The number of nitrogens with one attached hydrogen (secondary N) is 1. The van der Waals surface area contributed by atoms with Crippen LogP contribution in [0.1, 0.15) is 24.2 Å². The Kier molecular flexibility index (Phi) is 3.99. The quantitative estimate of drug-likeness (QED) is 0.878. The van der Waals surface area contributed by atoms with Gasteiger partial charge in [-0.2, -0.15) is 5.10 Å². The molecule has 1 unspecified atom stereocenters. The van der Waals surface area contributed by atoms with E-state index >= 15 is 0 Å². The first kappa shape index (κ1) is 12.6. The van der Waals surface area contributed by atoms with E-state index in [1.807, 2.05) is 42.2 Å². The summed E-state index contributed by atoms with van der Waals surface area (Å²) in [5, 5.41) is 7.63. The van der Waals surface area contributed by atoms with Crippen molar-refractivity contribution in [3.8, 4) is 5.75 Å². The van der Waals surface area contributed by atoms with Gasteiger partial charge in [0.25, 0.3) is 0 Å². The van der Waals surface area contributed by atoms with Crippen LogP contribution in [0.2, 0.25) is 0 Å². The monoisotopic (exact) mass is 245 g/mol. The molecule has 1 atom stereocenters. The molecule has 0 aliphatic carbocycles. The van der Waals surface area contributed by atoms with Crippen molar-refractivity contribution in [2.75, 3.05) is 7.11 Å². The van der Waals surface area contributed by atoms with E-state index in [9.17, 15) is 0 Å². The third-order valence-corrected chi connectivity index (χ3v) is 3.12. The third-order valence-electron chi connectivity index (χ3n) is 3.12. The summed E-state index contributed by atoms with van der Waals surface area (Å²) in [4.78, 5) is 0. The second kappa shape index (κ2) is 5.69. The number of aromatic nitrogens is 2. The van der Waals surface area contributed by atoms with E-state index in [0.29, 0.717) is 0 Å². The first-order chi connectivity index (χ1) is 8.72. The number of aryl methyl sites for hydroxylation is 1. The maximum atomic E-state index is 5.37. The van der Waals surface area contributed by atoms with Crippen molar-refractivity contribution in [1.29, 1.82) is 0 Å². The molecule has 2 aromatic rings. The molecule has 1 aromatic heterocycles. The van der Waals surface area contributed by atoms with Gasteiger partial charge in [0.15, 0.2) is 0 Å². The number of nitrogens with zero attached hydrogens (tertiary/aromatic N) is 2. The molecule has 0 saturated heterocycles. The minimum atomic E-state index is 0.232. The Morgan fingerprint density at radius 2 is 2.11 bits per heavy atom. The van der Waals surface area contributed by atoms with E-state index in [-0.39, 0.29) is 6.04 Å². The van der Waals surface area contributed by atoms with Crippen molar-refractivity contribution in [2.24, 2.45) is 7.05 Å². The predicted molar refractivity (Wildman–Crippen MR) is 71.5 cm³/mol. The number of ether oxygens (including phenoxy) is 1. The summed E-state index contributed by atoms with van der Waals surface area (Å²) in [6, 6.07) is 10.3. The topological polar surface area (TPSA) is 39.1 Å². The Morgan fingerprint density at radius 3 is 2.78 bits per heavy atom.